The molecule has 0 aromatic carbocycles. The van der Waals surface area contributed by atoms with Crippen LogP contribution in [0, 0.1) is 11.3 Å². The van der Waals surface area contributed by atoms with Gasteiger partial charge in [-0.15, -0.1) is 0 Å². The van der Waals surface area contributed by atoms with Gasteiger partial charge in [-0.25, -0.2) is 4.98 Å². The lowest BCUT2D eigenvalue weighted by Crippen LogP contribution is -2.10. The Kier molecular flexibility index (Phi) is 1.69. The van der Waals surface area contributed by atoms with Crippen LogP contribution in [0.3, 0.4) is 0 Å². The van der Waals surface area contributed by atoms with Crippen molar-refractivity contribution in [2.75, 3.05) is 0 Å². The molecule has 10 heavy (non-hydrogen) atoms. The summed E-state index contributed by atoms with van der Waals surface area (Å²) in [5.41, 5.74) is 6.16. The average molecular weight is 136 g/mol. The maximum atomic E-state index is 8.41. The molecule has 1 aromatic heterocycles. The van der Waals surface area contributed by atoms with E-state index in [9.17, 15) is 0 Å². The van der Waals surface area contributed by atoms with Crippen molar-refractivity contribution < 1.29 is 0 Å². The summed E-state index contributed by atoms with van der Waals surface area (Å²) in [4.78, 5) is 3.82. The molecule has 1 aromatic rings. The summed E-state index contributed by atoms with van der Waals surface area (Å²) in [7, 11) is 1.81. The predicted molar refractivity (Wildman–Crippen MR) is 35.7 cm³/mol. The van der Waals surface area contributed by atoms with Crippen LogP contribution in [0.25, 0.3) is 0 Å². The number of nitrogens with zero attached hydrogens (tertiary/aromatic N) is 3. The van der Waals surface area contributed by atoms with E-state index in [0.29, 0.717) is 0 Å². The Labute approximate surface area is 58.9 Å². The molecule has 0 bridgehead atoms. The van der Waals surface area contributed by atoms with E-state index < -0.39 is 6.04 Å². The van der Waals surface area contributed by atoms with Gasteiger partial charge in [-0.3, -0.25) is 0 Å². The molecule has 4 nitrogen and oxygen atoms in total. The van der Waals surface area contributed by atoms with E-state index >= 15 is 0 Å². The van der Waals surface area contributed by atoms with Gasteiger partial charge in [-0.1, -0.05) is 0 Å². The van der Waals surface area contributed by atoms with E-state index in [0.717, 1.165) is 5.69 Å². The first kappa shape index (κ1) is 6.78. The van der Waals surface area contributed by atoms with Gasteiger partial charge in [-0.05, 0) is 0 Å². The van der Waals surface area contributed by atoms with Crippen molar-refractivity contribution in [1.82, 2.24) is 9.55 Å². The van der Waals surface area contributed by atoms with Gasteiger partial charge >= 0.3 is 0 Å². The van der Waals surface area contributed by atoms with Crippen LogP contribution in [-0.4, -0.2) is 9.55 Å². The third-order valence-electron chi connectivity index (χ3n) is 1.31. The Morgan fingerprint density at radius 3 is 3.00 bits per heavy atom. The lowest BCUT2D eigenvalue weighted by molar-refractivity contribution is 0.771. The van der Waals surface area contributed by atoms with Gasteiger partial charge in [-0.2, -0.15) is 5.26 Å². The second-order valence-electron chi connectivity index (χ2n) is 2.04. The summed E-state index contributed by atoms with van der Waals surface area (Å²) in [5.74, 6) is 0. The molecular formula is C6H8N4. The number of aryl methyl sites for hydroxylation is 1. The SMILES string of the molecule is Cn1cncc1C(N)C#N. The van der Waals surface area contributed by atoms with Crippen LogP contribution < -0.4 is 5.73 Å². The van der Waals surface area contributed by atoms with Gasteiger partial charge in [0, 0.05) is 7.05 Å². The molecule has 1 unspecified atom stereocenters. The quantitative estimate of drug-likeness (QED) is 0.588. The fraction of sp³-hybridized carbons (Fsp3) is 0.333. The van der Waals surface area contributed by atoms with E-state index in [4.69, 9.17) is 11.0 Å². The molecule has 2 N–H and O–H groups in total. The van der Waals surface area contributed by atoms with Crippen molar-refractivity contribution in [3.63, 3.8) is 0 Å². The Morgan fingerprint density at radius 1 is 1.90 bits per heavy atom. The van der Waals surface area contributed by atoms with Gasteiger partial charge in [0.1, 0.15) is 6.04 Å². The summed E-state index contributed by atoms with van der Waals surface area (Å²) < 4.78 is 1.73. The van der Waals surface area contributed by atoms with E-state index in [1.165, 1.54) is 0 Å². The highest BCUT2D eigenvalue weighted by Crippen LogP contribution is 2.05. The maximum absolute atomic E-state index is 8.41. The largest absolute Gasteiger partial charge is 0.335 e. The van der Waals surface area contributed by atoms with Gasteiger partial charge in [0.15, 0.2) is 0 Å². The lowest BCUT2D eigenvalue weighted by atomic mass is 10.3. The summed E-state index contributed by atoms with van der Waals surface area (Å²) in [5, 5.41) is 8.41. The van der Waals surface area contributed by atoms with Crippen LogP contribution in [0.5, 0.6) is 0 Å². The summed E-state index contributed by atoms with van der Waals surface area (Å²) in [6.07, 6.45) is 3.21. The number of nitrogens with two attached hydrogens (primary N) is 1. The van der Waals surface area contributed by atoms with Crippen molar-refractivity contribution >= 4 is 0 Å². The molecule has 0 amide bonds. The average Bonchev–Trinajstić information content (AvgIpc) is 2.34. The highest BCUT2D eigenvalue weighted by Gasteiger charge is 2.06. The smallest absolute Gasteiger partial charge is 0.135 e. The van der Waals surface area contributed by atoms with E-state index in [2.05, 4.69) is 4.98 Å². The first-order valence-corrected chi connectivity index (χ1v) is 2.87. The Morgan fingerprint density at radius 2 is 2.60 bits per heavy atom. The second-order valence-corrected chi connectivity index (χ2v) is 2.04. The van der Waals surface area contributed by atoms with Crippen LogP contribution in [0.4, 0.5) is 0 Å². The molecule has 4 heteroatoms. The molecule has 1 atom stereocenters. The van der Waals surface area contributed by atoms with Crippen molar-refractivity contribution in [3.05, 3.63) is 18.2 Å². The Bertz CT molecular complexity index is 257. The Hall–Kier alpha value is -1.34. The zero-order chi connectivity index (χ0) is 7.56. The van der Waals surface area contributed by atoms with Crippen molar-refractivity contribution in [2.45, 2.75) is 6.04 Å². The number of hydrogen-bond acceptors (Lipinski definition) is 3. The molecule has 0 fully saturated rings. The minimum absolute atomic E-state index is 0.563. The van der Waals surface area contributed by atoms with Crippen molar-refractivity contribution in [2.24, 2.45) is 12.8 Å². The minimum Gasteiger partial charge on any atom is -0.335 e. The molecule has 1 rings (SSSR count). The second kappa shape index (κ2) is 2.50. The number of aromatic nitrogens is 2. The van der Waals surface area contributed by atoms with Crippen LogP contribution >= 0.6 is 0 Å². The van der Waals surface area contributed by atoms with Gasteiger partial charge in [0.05, 0.1) is 24.3 Å². The molecule has 0 aliphatic heterocycles. The summed E-state index contributed by atoms with van der Waals surface area (Å²) in [6, 6.07) is 1.36. The first-order valence-electron chi connectivity index (χ1n) is 2.87. The molecule has 52 valence electrons. The molecule has 0 spiro atoms. The van der Waals surface area contributed by atoms with E-state index in [-0.39, 0.29) is 0 Å². The van der Waals surface area contributed by atoms with Crippen LogP contribution in [-0.2, 0) is 7.05 Å². The highest BCUT2D eigenvalue weighted by atomic mass is 15.0. The normalized spacial score (nSPS) is 12.5. The molecule has 0 aliphatic rings. The highest BCUT2D eigenvalue weighted by molar-refractivity contribution is 5.11. The number of rotatable bonds is 1. The third-order valence-corrected chi connectivity index (χ3v) is 1.31. The predicted octanol–water partition coefficient (Wildman–Crippen LogP) is -0.0565. The van der Waals surface area contributed by atoms with Gasteiger partial charge in [0.25, 0.3) is 0 Å². The topological polar surface area (TPSA) is 67.6 Å². The van der Waals surface area contributed by atoms with Crippen LogP contribution in [0.1, 0.15) is 11.7 Å². The standard InChI is InChI=1S/C6H8N4/c1-10-4-9-3-6(10)5(8)2-7/h3-5H,8H2,1H3. The van der Waals surface area contributed by atoms with E-state index in [1.807, 2.05) is 6.07 Å². The van der Waals surface area contributed by atoms with Gasteiger partial charge in [0.2, 0.25) is 0 Å². The molecule has 0 saturated carbocycles. The Balaban J connectivity index is 2.96. The number of imidazole rings is 1. The van der Waals surface area contributed by atoms with E-state index in [1.54, 1.807) is 24.1 Å². The third kappa shape index (κ3) is 0.993. The zero-order valence-corrected chi connectivity index (χ0v) is 5.65. The summed E-state index contributed by atoms with van der Waals surface area (Å²) in [6.45, 7) is 0. The van der Waals surface area contributed by atoms with Crippen molar-refractivity contribution in [1.29, 1.82) is 5.26 Å². The van der Waals surface area contributed by atoms with Crippen LogP contribution in [0.15, 0.2) is 12.5 Å². The van der Waals surface area contributed by atoms with Gasteiger partial charge < -0.3 is 10.3 Å². The minimum atomic E-state index is -0.563. The molecule has 1 heterocycles. The molecule has 0 aliphatic carbocycles. The lowest BCUT2D eigenvalue weighted by Gasteiger charge is -2.00. The maximum Gasteiger partial charge on any atom is 0.135 e. The summed E-state index contributed by atoms with van der Waals surface area (Å²) >= 11 is 0. The monoisotopic (exact) mass is 136 g/mol. The fourth-order valence-corrected chi connectivity index (χ4v) is 0.733. The zero-order valence-electron chi connectivity index (χ0n) is 5.65. The molecular weight excluding hydrogens is 128 g/mol. The van der Waals surface area contributed by atoms with Crippen molar-refractivity contribution in [3.8, 4) is 6.07 Å². The fourth-order valence-electron chi connectivity index (χ4n) is 0.733. The molecule has 0 saturated heterocycles. The molecule has 0 radical (unpaired) electrons. The first-order chi connectivity index (χ1) is 4.75. The number of nitriles is 1. The number of hydrogen-bond donors (Lipinski definition) is 1. The van der Waals surface area contributed by atoms with Crippen LogP contribution in [0.2, 0.25) is 0 Å².